The highest BCUT2D eigenvalue weighted by Crippen LogP contribution is 2.28. The van der Waals surface area contributed by atoms with Gasteiger partial charge in [-0.25, -0.2) is 0 Å². The Balaban J connectivity index is 2.09. The summed E-state index contributed by atoms with van der Waals surface area (Å²) in [6, 6.07) is 0. The third-order valence-electron chi connectivity index (χ3n) is 1.62. The average molecular weight is 111 g/mol. The van der Waals surface area contributed by atoms with E-state index in [0.29, 0.717) is 5.92 Å². The summed E-state index contributed by atoms with van der Waals surface area (Å²) in [6.07, 6.45) is 5.62. The van der Waals surface area contributed by atoms with Gasteiger partial charge >= 0.3 is 0 Å². The minimum Gasteiger partial charge on any atom is -0.300 e. The lowest BCUT2D eigenvalue weighted by molar-refractivity contribution is -0.114. The van der Waals surface area contributed by atoms with Crippen LogP contribution in [0.15, 0.2) is 0 Å². The Hall–Kier alpha value is -0.330. The predicted molar refractivity (Wildman–Crippen MR) is 32.3 cm³/mol. The van der Waals surface area contributed by atoms with E-state index in [1.165, 1.54) is 19.3 Å². The van der Waals surface area contributed by atoms with Crippen LogP contribution in [0.25, 0.3) is 0 Å². The van der Waals surface area contributed by atoms with Crippen LogP contribution < -0.4 is 0 Å². The maximum atomic E-state index is 10.4. The fraction of sp³-hybridized carbons (Fsp3) is 0.714. The summed E-state index contributed by atoms with van der Waals surface area (Å²) in [4.78, 5) is 10.4. The van der Waals surface area contributed by atoms with E-state index >= 15 is 0 Å². The molecule has 0 atom stereocenters. The van der Waals surface area contributed by atoms with Crippen LogP contribution in [0.1, 0.15) is 26.2 Å². The Morgan fingerprint density at radius 2 is 2.25 bits per heavy atom. The molecule has 1 aliphatic carbocycles. The Kier molecular flexibility index (Phi) is 1.66. The van der Waals surface area contributed by atoms with Gasteiger partial charge in [0.05, 0.1) is 0 Å². The molecular weight excluding hydrogens is 100 g/mol. The molecule has 0 amide bonds. The summed E-state index contributed by atoms with van der Waals surface area (Å²) in [6.45, 7) is 1.62. The van der Waals surface area contributed by atoms with E-state index in [1.54, 1.807) is 6.92 Å². The molecule has 8 heavy (non-hydrogen) atoms. The predicted octanol–water partition coefficient (Wildman–Crippen LogP) is 1.58. The number of hydrogen-bond donors (Lipinski definition) is 0. The van der Waals surface area contributed by atoms with Crippen LogP contribution in [0.4, 0.5) is 0 Å². The van der Waals surface area contributed by atoms with Crippen molar-refractivity contribution in [3.63, 3.8) is 0 Å². The molecule has 1 saturated carbocycles. The number of carbonyl (C=O) groups excluding carboxylic acids is 1. The quantitative estimate of drug-likeness (QED) is 0.528. The second kappa shape index (κ2) is 2.29. The van der Waals surface area contributed by atoms with Crippen molar-refractivity contribution in [3.05, 3.63) is 6.42 Å². The number of carbonyl (C=O) groups is 1. The molecule has 1 fully saturated rings. The molecule has 45 valence electrons. The zero-order valence-electron chi connectivity index (χ0n) is 5.18. The van der Waals surface area contributed by atoms with Crippen molar-refractivity contribution < 1.29 is 4.79 Å². The summed E-state index contributed by atoms with van der Waals surface area (Å²) < 4.78 is 0. The second-order valence-corrected chi connectivity index (χ2v) is 2.47. The molecule has 0 saturated heterocycles. The normalized spacial score (nSPS) is 20.1. The van der Waals surface area contributed by atoms with Crippen molar-refractivity contribution in [2.75, 3.05) is 0 Å². The van der Waals surface area contributed by atoms with E-state index in [2.05, 4.69) is 0 Å². The van der Waals surface area contributed by atoms with Crippen LogP contribution in [-0.4, -0.2) is 5.78 Å². The van der Waals surface area contributed by atoms with Gasteiger partial charge in [-0.1, -0.05) is 6.42 Å². The SMILES string of the molecule is CC(=O)[CH]C1CCC1. The molecule has 0 N–H and O–H groups in total. The monoisotopic (exact) mass is 111 g/mol. The van der Waals surface area contributed by atoms with Crippen LogP contribution in [-0.2, 0) is 4.79 Å². The van der Waals surface area contributed by atoms with E-state index in [-0.39, 0.29) is 5.78 Å². The highest BCUT2D eigenvalue weighted by atomic mass is 16.1. The van der Waals surface area contributed by atoms with Gasteiger partial charge < -0.3 is 0 Å². The molecule has 0 spiro atoms. The lowest BCUT2D eigenvalue weighted by Crippen LogP contribution is -2.14. The molecule has 0 aliphatic heterocycles. The van der Waals surface area contributed by atoms with E-state index in [9.17, 15) is 4.79 Å². The van der Waals surface area contributed by atoms with Gasteiger partial charge in [0.1, 0.15) is 5.78 Å². The molecule has 1 nitrogen and oxygen atoms in total. The lowest BCUT2D eigenvalue weighted by Gasteiger charge is -2.23. The minimum atomic E-state index is 0.231. The van der Waals surface area contributed by atoms with Crippen LogP contribution in [0.2, 0.25) is 0 Å². The third-order valence-corrected chi connectivity index (χ3v) is 1.62. The van der Waals surface area contributed by atoms with Crippen molar-refractivity contribution in [2.24, 2.45) is 5.92 Å². The molecule has 0 bridgehead atoms. The Morgan fingerprint density at radius 3 is 2.38 bits per heavy atom. The summed E-state index contributed by atoms with van der Waals surface area (Å²) in [5.74, 6) is 0.863. The average Bonchev–Trinajstić information content (AvgIpc) is 1.55. The highest BCUT2D eigenvalue weighted by molar-refractivity contribution is 5.84. The van der Waals surface area contributed by atoms with Crippen molar-refractivity contribution in [2.45, 2.75) is 26.2 Å². The van der Waals surface area contributed by atoms with Crippen molar-refractivity contribution in [3.8, 4) is 0 Å². The summed E-state index contributed by atoms with van der Waals surface area (Å²) >= 11 is 0. The molecule has 0 heterocycles. The smallest absolute Gasteiger partial charge is 0.133 e. The first-order valence-corrected chi connectivity index (χ1v) is 3.14. The lowest BCUT2D eigenvalue weighted by atomic mass is 9.82. The summed E-state index contributed by atoms with van der Waals surface area (Å²) in [5.41, 5.74) is 0. The van der Waals surface area contributed by atoms with Crippen molar-refractivity contribution >= 4 is 5.78 Å². The van der Waals surface area contributed by atoms with Gasteiger partial charge in [0.25, 0.3) is 0 Å². The van der Waals surface area contributed by atoms with Crippen LogP contribution in [0.5, 0.6) is 0 Å². The maximum absolute atomic E-state index is 10.4. The van der Waals surface area contributed by atoms with Crippen LogP contribution >= 0.6 is 0 Å². The molecule has 0 aromatic heterocycles. The highest BCUT2D eigenvalue weighted by Gasteiger charge is 2.18. The third kappa shape index (κ3) is 1.32. The van der Waals surface area contributed by atoms with E-state index < -0.39 is 0 Å². The fourth-order valence-corrected chi connectivity index (χ4v) is 0.938. The van der Waals surface area contributed by atoms with E-state index in [4.69, 9.17) is 0 Å². The Labute approximate surface area is 50.1 Å². The van der Waals surface area contributed by atoms with Crippen molar-refractivity contribution in [1.82, 2.24) is 0 Å². The minimum absolute atomic E-state index is 0.231. The zero-order valence-corrected chi connectivity index (χ0v) is 5.18. The van der Waals surface area contributed by atoms with E-state index in [1.807, 2.05) is 6.42 Å². The molecule has 0 aromatic carbocycles. The van der Waals surface area contributed by atoms with Crippen molar-refractivity contribution in [1.29, 1.82) is 0 Å². The number of rotatable bonds is 2. The number of Topliss-reactive ketones (excluding diaryl/α,β-unsaturated/α-hetero) is 1. The zero-order chi connectivity index (χ0) is 5.98. The molecule has 0 unspecified atom stereocenters. The first-order valence-electron chi connectivity index (χ1n) is 3.14. The molecule has 1 rings (SSSR count). The van der Waals surface area contributed by atoms with Gasteiger partial charge in [0, 0.05) is 6.42 Å². The Bertz CT molecular complexity index is 92.6. The topological polar surface area (TPSA) is 17.1 Å². The number of ketones is 1. The molecular formula is C7H11O. The second-order valence-electron chi connectivity index (χ2n) is 2.47. The Morgan fingerprint density at radius 1 is 1.62 bits per heavy atom. The molecule has 1 radical (unpaired) electrons. The molecule has 0 aromatic rings. The standard InChI is InChI=1S/C7H11O/c1-6(8)5-7-3-2-4-7/h5,7H,2-4H2,1H3. The van der Waals surface area contributed by atoms with Gasteiger partial charge in [0.15, 0.2) is 0 Å². The van der Waals surface area contributed by atoms with Gasteiger partial charge in [-0.15, -0.1) is 0 Å². The summed E-state index contributed by atoms with van der Waals surface area (Å²) in [5, 5.41) is 0. The fourth-order valence-electron chi connectivity index (χ4n) is 0.938. The first-order chi connectivity index (χ1) is 3.79. The molecule has 1 aliphatic rings. The maximum Gasteiger partial charge on any atom is 0.133 e. The van der Waals surface area contributed by atoms with Gasteiger partial charge in [-0.2, -0.15) is 0 Å². The van der Waals surface area contributed by atoms with Gasteiger partial charge in [-0.3, -0.25) is 4.79 Å². The van der Waals surface area contributed by atoms with Gasteiger partial charge in [-0.05, 0) is 25.7 Å². The first kappa shape index (κ1) is 5.80. The number of hydrogen-bond acceptors (Lipinski definition) is 1. The van der Waals surface area contributed by atoms with Crippen LogP contribution in [0, 0.1) is 12.3 Å². The van der Waals surface area contributed by atoms with Gasteiger partial charge in [0.2, 0.25) is 0 Å². The van der Waals surface area contributed by atoms with E-state index in [0.717, 1.165) is 0 Å². The molecule has 1 heteroatoms. The summed E-state index contributed by atoms with van der Waals surface area (Å²) in [7, 11) is 0. The largest absolute Gasteiger partial charge is 0.300 e. The van der Waals surface area contributed by atoms with Crippen LogP contribution in [0.3, 0.4) is 0 Å².